The van der Waals surface area contributed by atoms with Crippen molar-refractivity contribution in [3.8, 4) is 17.2 Å². The standard InChI is InChI=1S/C18H10FNO2/c19-14-7-6-13(10-20)17(9-14)15-3-1-2-11-4-5-12(18(21)22)8-16(11)15/h1-9H,(H,21,22). The molecule has 0 radical (unpaired) electrons. The monoisotopic (exact) mass is 291 g/mol. The van der Waals surface area contributed by atoms with Crippen molar-refractivity contribution in [1.29, 1.82) is 5.26 Å². The average Bonchev–Trinajstić information content (AvgIpc) is 2.53. The molecule has 3 aromatic carbocycles. The first-order valence-electron chi connectivity index (χ1n) is 6.56. The molecule has 0 fully saturated rings. The van der Waals surface area contributed by atoms with E-state index in [0.29, 0.717) is 22.1 Å². The minimum Gasteiger partial charge on any atom is -0.478 e. The van der Waals surface area contributed by atoms with E-state index in [1.165, 1.54) is 24.3 Å². The molecule has 0 atom stereocenters. The SMILES string of the molecule is N#Cc1ccc(F)cc1-c1cccc2ccc(C(=O)O)cc12. The molecule has 22 heavy (non-hydrogen) atoms. The van der Waals surface area contributed by atoms with Gasteiger partial charge in [0, 0.05) is 5.56 Å². The number of aromatic carboxylic acids is 1. The van der Waals surface area contributed by atoms with Crippen LogP contribution in [0.5, 0.6) is 0 Å². The van der Waals surface area contributed by atoms with Crippen LogP contribution in [-0.2, 0) is 0 Å². The molecule has 0 bridgehead atoms. The zero-order chi connectivity index (χ0) is 15.7. The Bertz CT molecular complexity index is 941. The lowest BCUT2D eigenvalue weighted by Crippen LogP contribution is -1.96. The first-order valence-corrected chi connectivity index (χ1v) is 6.56. The van der Waals surface area contributed by atoms with Gasteiger partial charge in [0.2, 0.25) is 0 Å². The van der Waals surface area contributed by atoms with Crippen molar-refractivity contribution in [3.05, 3.63) is 71.5 Å². The van der Waals surface area contributed by atoms with Gasteiger partial charge >= 0.3 is 5.97 Å². The van der Waals surface area contributed by atoms with E-state index in [1.54, 1.807) is 24.3 Å². The van der Waals surface area contributed by atoms with E-state index >= 15 is 0 Å². The van der Waals surface area contributed by atoms with Crippen LogP contribution in [0.4, 0.5) is 4.39 Å². The fourth-order valence-corrected chi connectivity index (χ4v) is 2.48. The third-order valence-electron chi connectivity index (χ3n) is 3.52. The summed E-state index contributed by atoms with van der Waals surface area (Å²) in [5.41, 5.74) is 1.58. The van der Waals surface area contributed by atoms with Gasteiger partial charge in [0.1, 0.15) is 5.82 Å². The summed E-state index contributed by atoms with van der Waals surface area (Å²) >= 11 is 0. The Balaban J connectivity index is 2.36. The molecule has 0 amide bonds. The molecule has 1 N–H and O–H groups in total. The van der Waals surface area contributed by atoms with Gasteiger partial charge in [-0.25, -0.2) is 9.18 Å². The Morgan fingerprint density at radius 1 is 1.05 bits per heavy atom. The number of hydrogen-bond donors (Lipinski definition) is 1. The van der Waals surface area contributed by atoms with E-state index in [-0.39, 0.29) is 5.56 Å². The second kappa shape index (κ2) is 5.30. The quantitative estimate of drug-likeness (QED) is 0.769. The van der Waals surface area contributed by atoms with Crippen LogP contribution < -0.4 is 0 Å². The average molecular weight is 291 g/mol. The summed E-state index contributed by atoms with van der Waals surface area (Å²) in [6.07, 6.45) is 0. The molecule has 3 nitrogen and oxygen atoms in total. The van der Waals surface area contributed by atoms with Gasteiger partial charge in [0.25, 0.3) is 0 Å². The Hall–Kier alpha value is -3.19. The molecule has 0 saturated carbocycles. The van der Waals surface area contributed by atoms with Crippen LogP contribution in [-0.4, -0.2) is 11.1 Å². The van der Waals surface area contributed by atoms with E-state index in [9.17, 15) is 14.4 Å². The summed E-state index contributed by atoms with van der Waals surface area (Å²) < 4.78 is 13.6. The Labute approximate surface area is 125 Å². The molecular formula is C18H10FNO2. The first-order chi connectivity index (χ1) is 10.6. The van der Waals surface area contributed by atoms with Gasteiger partial charge in [0.05, 0.1) is 17.2 Å². The summed E-state index contributed by atoms with van der Waals surface area (Å²) in [6, 6.07) is 16.1. The second-order valence-electron chi connectivity index (χ2n) is 4.85. The molecule has 3 aromatic rings. The predicted octanol–water partition coefficient (Wildman–Crippen LogP) is 4.22. The smallest absolute Gasteiger partial charge is 0.335 e. The number of carboxylic acids is 1. The zero-order valence-corrected chi connectivity index (χ0v) is 11.4. The van der Waals surface area contributed by atoms with Crippen molar-refractivity contribution in [2.24, 2.45) is 0 Å². The summed E-state index contributed by atoms with van der Waals surface area (Å²) in [7, 11) is 0. The third-order valence-corrected chi connectivity index (χ3v) is 3.52. The number of halogens is 1. The molecule has 0 aliphatic rings. The van der Waals surface area contributed by atoms with Crippen molar-refractivity contribution in [1.82, 2.24) is 0 Å². The number of rotatable bonds is 2. The highest BCUT2D eigenvalue weighted by molar-refractivity contribution is 6.02. The predicted molar refractivity (Wildman–Crippen MR) is 81.0 cm³/mol. The molecule has 0 aliphatic carbocycles. The van der Waals surface area contributed by atoms with E-state index in [0.717, 1.165) is 5.39 Å². The first kappa shape index (κ1) is 13.8. The topological polar surface area (TPSA) is 61.1 Å². The molecule has 4 heteroatoms. The van der Waals surface area contributed by atoms with Crippen molar-refractivity contribution in [3.63, 3.8) is 0 Å². The van der Waals surface area contributed by atoms with Crippen LogP contribution in [0.1, 0.15) is 15.9 Å². The largest absolute Gasteiger partial charge is 0.478 e. The van der Waals surface area contributed by atoms with Crippen LogP contribution in [0.15, 0.2) is 54.6 Å². The van der Waals surface area contributed by atoms with Gasteiger partial charge in [-0.15, -0.1) is 0 Å². The number of carbonyl (C=O) groups is 1. The number of hydrogen-bond acceptors (Lipinski definition) is 2. The van der Waals surface area contributed by atoms with Gasteiger partial charge in [0.15, 0.2) is 0 Å². The van der Waals surface area contributed by atoms with Crippen molar-refractivity contribution in [2.75, 3.05) is 0 Å². The molecule has 3 rings (SSSR count). The molecular weight excluding hydrogens is 281 g/mol. The summed E-state index contributed by atoms with van der Waals surface area (Å²) in [5.74, 6) is -1.48. The maximum atomic E-state index is 13.6. The summed E-state index contributed by atoms with van der Waals surface area (Å²) in [4.78, 5) is 11.2. The minimum absolute atomic E-state index is 0.148. The lowest BCUT2D eigenvalue weighted by Gasteiger charge is -2.09. The number of nitriles is 1. The highest BCUT2D eigenvalue weighted by atomic mass is 19.1. The molecule has 106 valence electrons. The number of nitrogens with zero attached hydrogens (tertiary/aromatic N) is 1. The summed E-state index contributed by atoms with van der Waals surface area (Å²) in [5, 5.41) is 19.9. The zero-order valence-electron chi connectivity index (χ0n) is 11.4. The van der Waals surface area contributed by atoms with Crippen molar-refractivity contribution >= 4 is 16.7 Å². The van der Waals surface area contributed by atoms with E-state index < -0.39 is 11.8 Å². The van der Waals surface area contributed by atoms with Gasteiger partial charge in [-0.05, 0) is 46.7 Å². The highest BCUT2D eigenvalue weighted by Crippen LogP contribution is 2.32. The van der Waals surface area contributed by atoms with E-state index in [2.05, 4.69) is 0 Å². The van der Waals surface area contributed by atoms with Crippen LogP contribution >= 0.6 is 0 Å². The molecule has 0 aliphatic heterocycles. The van der Waals surface area contributed by atoms with Gasteiger partial charge in [-0.3, -0.25) is 0 Å². The van der Waals surface area contributed by atoms with Gasteiger partial charge < -0.3 is 5.11 Å². The van der Waals surface area contributed by atoms with Crippen LogP contribution in [0.25, 0.3) is 21.9 Å². The van der Waals surface area contributed by atoms with Gasteiger partial charge in [-0.2, -0.15) is 5.26 Å². The highest BCUT2D eigenvalue weighted by Gasteiger charge is 2.12. The lowest BCUT2D eigenvalue weighted by molar-refractivity contribution is 0.0697. The van der Waals surface area contributed by atoms with Crippen LogP contribution in [0.3, 0.4) is 0 Å². The molecule has 0 aromatic heterocycles. The Kier molecular flexibility index (Phi) is 3.32. The fraction of sp³-hybridized carbons (Fsp3) is 0. The Morgan fingerprint density at radius 2 is 1.86 bits per heavy atom. The minimum atomic E-state index is -1.03. The molecule has 0 spiro atoms. The second-order valence-corrected chi connectivity index (χ2v) is 4.85. The fourth-order valence-electron chi connectivity index (χ4n) is 2.48. The van der Waals surface area contributed by atoms with E-state index in [1.807, 2.05) is 12.1 Å². The maximum Gasteiger partial charge on any atom is 0.335 e. The van der Waals surface area contributed by atoms with Crippen LogP contribution in [0.2, 0.25) is 0 Å². The number of carboxylic acid groups (broad SMARTS) is 1. The molecule has 0 saturated heterocycles. The Morgan fingerprint density at radius 3 is 2.59 bits per heavy atom. The molecule has 0 heterocycles. The number of benzene rings is 3. The van der Waals surface area contributed by atoms with Crippen LogP contribution in [0, 0.1) is 17.1 Å². The summed E-state index contributed by atoms with van der Waals surface area (Å²) in [6.45, 7) is 0. The maximum absolute atomic E-state index is 13.6. The van der Waals surface area contributed by atoms with E-state index in [4.69, 9.17) is 5.11 Å². The number of fused-ring (bicyclic) bond motifs is 1. The lowest BCUT2D eigenvalue weighted by atomic mass is 9.94. The third kappa shape index (κ3) is 2.29. The van der Waals surface area contributed by atoms with Crippen molar-refractivity contribution in [2.45, 2.75) is 0 Å². The van der Waals surface area contributed by atoms with Gasteiger partial charge in [-0.1, -0.05) is 24.3 Å². The molecule has 0 unspecified atom stereocenters. The van der Waals surface area contributed by atoms with Crippen molar-refractivity contribution < 1.29 is 14.3 Å². The normalized spacial score (nSPS) is 10.4.